The van der Waals surface area contributed by atoms with Crippen molar-refractivity contribution in [1.82, 2.24) is 10.2 Å². The number of hydrogen-bond acceptors (Lipinski definition) is 3. The van der Waals surface area contributed by atoms with Gasteiger partial charge in [-0.3, -0.25) is 4.79 Å². The maximum absolute atomic E-state index is 13.2. The van der Waals surface area contributed by atoms with Gasteiger partial charge < -0.3 is 16.0 Å². The Morgan fingerprint density at radius 1 is 1.50 bits per heavy atom. The molecule has 1 amide bonds. The molecule has 0 saturated carbocycles. The van der Waals surface area contributed by atoms with Crippen LogP contribution in [0.3, 0.4) is 0 Å². The first-order chi connectivity index (χ1) is 9.45. The summed E-state index contributed by atoms with van der Waals surface area (Å²) < 4.78 is 13.2. The van der Waals surface area contributed by atoms with Crippen molar-refractivity contribution in [2.24, 2.45) is 5.73 Å². The Morgan fingerprint density at radius 2 is 2.20 bits per heavy atom. The minimum atomic E-state index is -0.426. The lowest BCUT2D eigenvalue weighted by atomic mass is 10.1. The summed E-state index contributed by atoms with van der Waals surface area (Å²) in [6.07, 6.45) is 0. The highest BCUT2D eigenvalue weighted by Crippen LogP contribution is 2.10. The monoisotopic (exact) mass is 277 g/mol. The Kier molecular flexibility index (Phi) is 6.16. The third-order valence-corrected chi connectivity index (χ3v) is 2.99. The molecule has 0 aliphatic heterocycles. The topological polar surface area (TPSA) is 58.4 Å². The molecule has 1 atom stereocenters. The van der Waals surface area contributed by atoms with Crippen LogP contribution < -0.4 is 11.1 Å². The quantitative estimate of drug-likeness (QED) is 0.801. The van der Waals surface area contributed by atoms with Gasteiger partial charge in [0.1, 0.15) is 5.82 Å². The van der Waals surface area contributed by atoms with Crippen LogP contribution >= 0.6 is 0 Å². The average molecular weight is 277 g/mol. The zero-order valence-electron chi connectivity index (χ0n) is 12.0. The molecule has 0 aliphatic rings. The second kappa shape index (κ2) is 7.63. The zero-order valence-corrected chi connectivity index (χ0v) is 12.0. The minimum Gasteiger partial charge on any atom is -0.350 e. The van der Waals surface area contributed by atoms with Crippen LogP contribution in [0.25, 0.3) is 0 Å². The molecule has 3 N–H and O–H groups in total. The Bertz CT molecular complexity index is 532. The first kappa shape index (κ1) is 16.2. The second-order valence-electron chi connectivity index (χ2n) is 4.72. The van der Waals surface area contributed by atoms with Gasteiger partial charge in [0.2, 0.25) is 0 Å². The van der Waals surface area contributed by atoms with E-state index in [0.717, 1.165) is 0 Å². The van der Waals surface area contributed by atoms with Gasteiger partial charge in [0, 0.05) is 18.2 Å². The Hall–Kier alpha value is -1.90. The number of amides is 1. The van der Waals surface area contributed by atoms with Crippen molar-refractivity contribution in [3.8, 4) is 11.8 Å². The van der Waals surface area contributed by atoms with E-state index in [4.69, 9.17) is 5.73 Å². The number of nitrogens with zero attached hydrogens (tertiary/aromatic N) is 1. The molecule has 0 aromatic heterocycles. The lowest BCUT2D eigenvalue weighted by Gasteiger charge is -2.20. The summed E-state index contributed by atoms with van der Waals surface area (Å²) in [4.78, 5) is 14.1. The van der Waals surface area contributed by atoms with Crippen LogP contribution in [-0.2, 0) is 0 Å². The highest BCUT2D eigenvalue weighted by molar-refractivity contribution is 5.96. The van der Waals surface area contributed by atoms with Gasteiger partial charge in [-0.1, -0.05) is 11.8 Å². The SMILES string of the molecule is CC(CNC(=O)c1ccc(F)cc1C#CCN)N(C)C. The third kappa shape index (κ3) is 4.65. The Balaban J connectivity index is 2.87. The fourth-order valence-corrected chi connectivity index (χ4v) is 1.48. The van der Waals surface area contributed by atoms with E-state index < -0.39 is 5.82 Å². The molecule has 20 heavy (non-hydrogen) atoms. The van der Waals surface area contributed by atoms with Gasteiger partial charge in [-0.2, -0.15) is 0 Å². The smallest absolute Gasteiger partial charge is 0.252 e. The summed E-state index contributed by atoms with van der Waals surface area (Å²) in [5.74, 6) is 4.66. The minimum absolute atomic E-state index is 0.162. The predicted octanol–water partition coefficient (Wildman–Crippen LogP) is 0.816. The van der Waals surface area contributed by atoms with E-state index in [1.54, 1.807) is 0 Å². The highest BCUT2D eigenvalue weighted by atomic mass is 19.1. The molecule has 0 radical (unpaired) electrons. The van der Waals surface area contributed by atoms with E-state index in [1.807, 2.05) is 25.9 Å². The van der Waals surface area contributed by atoms with E-state index in [-0.39, 0.29) is 18.5 Å². The molecule has 5 heteroatoms. The van der Waals surface area contributed by atoms with E-state index in [2.05, 4.69) is 17.2 Å². The Morgan fingerprint density at radius 3 is 2.80 bits per heavy atom. The number of carbonyl (C=O) groups excluding carboxylic acids is 1. The van der Waals surface area contributed by atoms with Gasteiger partial charge in [0.15, 0.2) is 0 Å². The summed E-state index contributed by atoms with van der Waals surface area (Å²) in [6, 6.07) is 4.13. The number of hydrogen-bond donors (Lipinski definition) is 2. The van der Waals surface area contributed by atoms with Gasteiger partial charge in [0.05, 0.1) is 12.1 Å². The molecule has 1 aromatic rings. The van der Waals surface area contributed by atoms with Crippen molar-refractivity contribution in [2.45, 2.75) is 13.0 Å². The number of nitrogens with one attached hydrogen (secondary N) is 1. The molecule has 0 saturated heterocycles. The highest BCUT2D eigenvalue weighted by Gasteiger charge is 2.13. The Labute approximate surface area is 119 Å². The van der Waals surface area contributed by atoms with Crippen LogP contribution in [0.15, 0.2) is 18.2 Å². The van der Waals surface area contributed by atoms with Crippen molar-refractivity contribution < 1.29 is 9.18 Å². The number of rotatable bonds is 4. The number of benzene rings is 1. The fourth-order valence-electron chi connectivity index (χ4n) is 1.48. The number of carbonyl (C=O) groups is 1. The molecule has 108 valence electrons. The van der Waals surface area contributed by atoms with Crippen molar-refractivity contribution in [3.63, 3.8) is 0 Å². The lowest BCUT2D eigenvalue weighted by molar-refractivity contribution is 0.0943. The van der Waals surface area contributed by atoms with Gasteiger partial charge in [-0.25, -0.2) is 4.39 Å². The molecule has 4 nitrogen and oxygen atoms in total. The lowest BCUT2D eigenvalue weighted by Crippen LogP contribution is -2.38. The standard InChI is InChI=1S/C15H20FN3O/c1-11(19(2)3)10-18-15(20)14-7-6-13(16)9-12(14)5-4-8-17/h6-7,9,11H,8,10,17H2,1-3H3,(H,18,20). The van der Waals surface area contributed by atoms with Crippen LogP contribution in [-0.4, -0.2) is 44.0 Å². The van der Waals surface area contributed by atoms with E-state index >= 15 is 0 Å². The van der Waals surface area contributed by atoms with E-state index in [9.17, 15) is 9.18 Å². The molecular weight excluding hydrogens is 257 g/mol. The largest absolute Gasteiger partial charge is 0.350 e. The molecule has 1 unspecified atom stereocenters. The molecule has 1 rings (SSSR count). The van der Waals surface area contributed by atoms with Crippen LogP contribution in [0.2, 0.25) is 0 Å². The second-order valence-corrected chi connectivity index (χ2v) is 4.72. The predicted molar refractivity (Wildman–Crippen MR) is 77.8 cm³/mol. The number of likely N-dealkylation sites (N-methyl/N-ethyl adjacent to an activating group) is 1. The van der Waals surface area contributed by atoms with Crippen LogP contribution in [0.1, 0.15) is 22.8 Å². The molecule has 1 aromatic carbocycles. The van der Waals surface area contributed by atoms with Gasteiger partial charge in [-0.15, -0.1) is 0 Å². The van der Waals surface area contributed by atoms with Gasteiger partial charge in [0.25, 0.3) is 5.91 Å². The van der Waals surface area contributed by atoms with Crippen molar-refractivity contribution in [2.75, 3.05) is 27.2 Å². The summed E-state index contributed by atoms with van der Waals surface area (Å²) in [6.45, 7) is 2.67. The normalized spacial score (nSPS) is 11.7. The van der Waals surface area contributed by atoms with Crippen LogP contribution in [0.5, 0.6) is 0 Å². The maximum atomic E-state index is 13.2. The van der Waals surface area contributed by atoms with E-state index in [0.29, 0.717) is 17.7 Å². The van der Waals surface area contributed by atoms with Crippen molar-refractivity contribution in [1.29, 1.82) is 0 Å². The summed E-state index contributed by atoms with van der Waals surface area (Å²) in [7, 11) is 3.87. The summed E-state index contributed by atoms with van der Waals surface area (Å²) in [5.41, 5.74) is 6.01. The molecule has 0 aliphatic carbocycles. The van der Waals surface area contributed by atoms with E-state index in [1.165, 1.54) is 18.2 Å². The van der Waals surface area contributed by atoms with Crippen molar-refractivity contribution >= 4 is 5.91 Å². The summed E-state index contributed by atoms with van der Waals surface area (Å²) in [5, 5.41) is 2.81. The molecular formula is C15H20FN3O. The molecule has 0 spiro atoms. The average Bonchev–Trinajstić information content (AvgIpc) is 2.42. The van der Waals surface area contributed by atoms with Crippen LogP contribution in [0, 0.1) is 17.7 Å². The number of nitrogens with two attached hydrogens (primary N) is 1. The fraction of sp³-hybridized carbons (Fsp3) is 0.400. The first-order valence-electron chi connectivity index (χ1n) is 6.38. The zero-order chi connectivity index (χ0) is 15.1. The van der Waals surface area contributed by atoms with Crippen molar-refractivity contribution in [3.05, 3.63) is 35.1 Å². The van der Waals surface area contributed by atoms with Gasteiger partial charge >= 0.3 is 0 Å². The number of halogens is 1. The first-order valence-corrected chi connectivity index (χ1v) is 6.38. The molecule has 0 fully saturated rings. The third-order valence-electron chi connectivity index (χ3n) is 2.99. The molecule has 0 heterocycles. The van der Waals surface area contributed by atoms with Crippen LogP contribution in [0.4, 0.5) is 4.39 Å². The maximum Gasteiger partial charge on any atom is 0.252 e. The van der Waals surface area contributed by atoms with Gasteiger partial charge in [-0.05, 0) is 39.2 Å². The molecule has 0 bridgehead atoms. The summed E-state index contributed by atoms with van der Waals surface area (Å²) >= 11 is 0.